The second kappa shape index (κ2) is 5.44. The molecule has 108 valence electrons. The number of carbonyl (C=O) groups is 1. The summed E-state index contributed by atoms with van der Waals surface area (Å²) in [5, 5.41) is 9.18. The molecule has 2 aromatic rings. The van der Waals surface area contributed by atoms with Crippen molar-refractivity contribution in [3.05, 3.63) is 53.2 Å². The van der Waals surface area contributed by atoms with E-state index in [2.05, 4.69) is 28.1 Å². The molecule has 0 amide bonds. The Balaban J connectivity index is 1.94. The Kier molecular flexibility index (Phi) is 3.48. The third kappa shape index (κ3) is 2.67. The van der Waals surface area contributed by atoms with E-state index in [0.717, 1.165) is 25.9 Å². The van der Waals surface area contributed by atoms with Gasteiger partial charge in [0.25, 0.3) is 0 Å². The number of aromatic nitrogens is 1. The van der Waals surface area contributed by atoms with Crippen LogP contribution < -0.4 is 10.6 Å². The van der Waals surface area contributed by atoms with Gasteiger partial charge >= 0.3 is 5.97 Å². The third-order valence-corrected chi connectivity index (χ3v) is 3.83. The molecule has 1 aromatic heterocycles. The molecule has 0 saturated carbocycles. The number of carboxylic acids is 1. The van der Waals surface area contributed by atoms with Crippen LogP contribution in [0.3, 0.4) is 0 Å². The first-order valence-corrected chi connectivity index (χ1v) is 6.95. The maximum Gasteiger partial charge on any atom is 0.337 e. The highest BCUT2D eigenvalue weighted by Gasteiger charge is 2.17. The van der Waals surface area contributed by atoms with E-state index in [-0.39, 0.29) is 11.3 Å². The van der Waals surface area contributed by atoms with E-state index < -0.39 is 5.97 Å². The Labute approximate surface area is 123 Å². The first-order valence-electron chi connectivity index (χ1n) is 6.95. The van der Waals surface area contributed by atoms with Crippen molar-refractivity contribution in [2.45, 2.75) is 19.4 Å². The summed E-state index contributed by atoms with van der Waals surface area (Å²) in [6.45, 7) is 1.59. The minimum atomic E-state index is -1.02. The van der Waals surface area contributed by atoms with Gasteiger partial charge in [-0.15, -0.1) is 0 Å². The predicted molar refractivity (Wildman–Crippen MR) is 81.4 cm³/mol. The molecule has 5 heteroatoms. The highest BCUT2D eigenvalue weighted by molar-refractivity contribution is 5.94. The number of aromatic carboxylic acids is 1. The molecule has 3 N–H and O–H groups in total. The number of nitrogens with two attached hydrogens (primary N) is 1. The first kappa shape index (κ1) is 13.4. The SMILES string of the molecule is Nc1cnc(N2CCCc3ccccc3C2)cc1C(=O)O. The molecule has 1 aromatic carbocycles. The van der Waals surface area contributed by atoms with Gasteiger partial charge in [-0.1, -0.05) is 24.3 Å². The Morgan fingerprint density at radius 2 is 2.05 bits per heavy atom. The summed E-state index contributed by atoms with van der Waals surface area (Å²) < 4.78 is 0. The van der Waals surface area contributed by atoms with Crippen molar-refractivity contribution in [2.24, 2.45) is 0 Å². The Bertz CT molecular complexity index is 685. The number of fused-ring (bicyclic) bond motifs is 1. The van der Waals surface area contributed by atoms with Crippen LogP contribution in [-0.2, 0) is 13.0 Å². The van der Waals surface area contributed by atoms with Crippen molar-refractivity contribution >= 4 is 17.5 Å². The molecule has 2 heterocycles. The summed E-state index contributed by atoms with van der Waals surface area (Å²) in [6, 6.07) is 9.91. The average molecular weight is 283 g/mol. The number of aryl methyl sites for hydroxylation is 1. The van der Waals surface area contributed by atoms with E-state index in [1.807, 2.05) is 6.07 Å². The number of nitrogen functional groups attached to an aromatic ring is 1. The van der Waals surface area contributed by atoms with Crippen LogP contribution in [0.1, 0.15) is 27.9 Å². The van der Waals surface area contributed by atoms with E-state index in [1.54, 1.807) is 6.07 Å². The van der Waals surface area contributed by atoms with E-state index >= 15 is 0 Å². The fraction of sp³-hybridized carbons (Fsp3) is 0.250. The topological polar surface area (TPSA) is 79.5 Å². The zero-order valence-corrected chi connectivity index (χ0v) is 11.6. The number of nitrogens with zero attached hydrogens (tertiary/aromatic N) is 2. The fourth-order valence-corrected chi connectivity index (χ4v) is 2.71. The van der Waals surface area contributed by atoms with E-state index in [1.165, 1.54) is 17.3 Å². The normalized spacial score (nSPS) is 14.4. The van der Waals surface area contributed by atoms with Crippen LogP contribution in [0.2, 0.25) is 0 Å². The Morgan fingerprint density at radius 1 is 1.29 bits per heavy atom. The van der Waals surface area contributed by atoms with Crippen molar-refractivity contribution in [1.82, 2.24) is 4.98 Å². The monoisotopic (exact) mass is 283 g/mol. The molecule has 0 saturated heterocycles. The van der Waals surface area contributed by atoms with Crippen LogP contribution in [0.15, 0.2) is 36.5 Å². The molecule has 0 fully saturated rings. The summed E-state index contributed by atoms with van der Waals surface area (Å²) in [5.41, 5.74) is 8.59. The highest BCUT2D eigenvalue weighted by Crippen LogP contribution is 2.24. The van der Waals surface area contributed by atoms with Gasteiger partial charge < -0.3 is 15.7 Å². The Morgan fingerprint density at radius 3 is 2.81 bits per heavy atom. The fourth-order valence-electron chi connectivity index (χ4n) is 2.71. The lowest BCUT2D eigenvalue weighted by Gasteiger charge is -2.22. The summed E-state index contributed by atoms with van der Waals surface area (Å²) in [6.07, 6.45) is 3.48. The molecule has 0 radical (unpaired) electrons. The van der Waals surface area contributed by atoms with E-state index in [9.17, 15) is 9.90 Å². The Hall–Kier alpha value is -2.56. The van der Waals surface area contributed by atoms with Gasteiger partial charge in [0.2, 0.25) is 0 Å². The number of hydrogen-bond donors (Lipinski definition) is 2. The minimum Gasteiger partial charge on any atom is -0.478 e. The quantitative estimate of drug-likeness (QED) is 0.884. The van der Waals surface area contributed by atoms with Gasteiger partial charge in [0, 0.05) is 13.1 Å². The van der Waals surface area contributed by atoms with Gasteiger partial charge in [-0.2, -0.15) is 0 Å². The van der Waals surface area contributed by atoms with Crippen LogP contribution in [0.4, 0.5) is 11.5 Å². The summed E-state index contributed by atoms with van der Waals surface area (Å²) in [4.78, 5) is 17.6. The number of pyridine rings is 1. The van der Waals surface area contributed by atoms with Crippen LogP contribution in [0, 0.1) is 0 Å². The molecular formula is C16H17N3O2. The minimum absolute atomic E-state index is 0.109. The summed E-state index contributed by atoms with van der Waals surface area (Å²) in [7, 11) is 0. The molecule has 0 bridgehead atoms. The zero-order chi connectivity index (χ0) is 14.8. The lowest BCUT2D eigenvalue weighted by atomic mass is 10.0. The van der Waals surface area contributed by atoms with Crippen molar-refractivity contribution in [2.75, 3.05) is 17.2 Å². The number of benzene rings is 1. The molecule has 0 atom stereocenters. The summed E-state index contributed by atoms with van der Waals surface area (Å²) >= 11 is 0. The smallest absolute Gasteiger partial charge is 0.337 e. The van der Waals surface area contributed by atoms with Gasteiger partial charge in [-0.05, 0) is 30.0 Å². The molecule has 0 aliphatic carbocycles. The van der Waals surface area contributed by atoms with Crippen molar-refractivity contribution in [3.63, 3.8) is 0 Å². The molecule has 1 aliphatic heterocycles. The van der Waals surface area contributed by atoms with Crippen molar-refractivity contribution in [1.29, 1.82) is 0 Å². The zero-order valence-electron chi connectivity index (χ0n) is 11.6. The molecule has 0 spiro atoms. The van der Waals surface area contributed by atoms with Crippen LogP contribution in [0.25, 0.3) is 0 Å². The second-order valence-electron chi connectivity index (χ2n) is 5.23. The first-order chi connectivity index (χ1) is 10.1. The second-order valence-corrected chi connectivity index (χ2v) is 5.23. The van der Waals surface area contributed by atoms with E-state index in [0.29, 0.717) is 5.82 Å². The van der Waals surface area contributed by atoms with Gasteiger partial charge in [-0.3, -0.25) is 0 Å². The van der Waals surface area contributed by atoms with Gasteiger partial charge in [-0.25, -0.2) is 9.78 Å². The largest absolute Gasteiger partial charge is 0.478 e. The summed E-state index contributed by atoms with van der Waals surface area (Å²) in [5.74, 6) is -0.357. The predicted octanol–water partition coefficient (Wildman–Crippen LogP) is 2.31. The molecule has 1 aliphatic rings. The molecule has 5 nitrogen and oxygen atoms in total. The van der Waals surface area contributed by atoms with Crippen LogP contribution >= 0.6 is 0 Å². The lowest BCUT2D eigenvalue weighted by Crippen LogP contribution is -2.24. The molecule has 3 rings (SSSR count). The van der Waals surface area contributed by atoms with Gasteiger partial charge in [0.1, 0.15) is 5.82 Å². The number of hydrogen-bond acceptors (Lipinski definition) is 4. The third-order valence-electron chi connectivity index (χ3n) is 3.83. The van der Waals surface area contributed by atoms with Gasteiger partial charge in [0.05, 0.1) is 17.4 Å². The number of carboxylic acid groups (broad SMARTS) is 1. The van der Waals surface area contributed by atoms with Crippen molar-refractivity contribution in [3.8, 4) is 0 Å². The molecule has 21 heavy (non-hydrogen) atoms. The van der Waals surface area contributed by atoms with Crippen molar-refractivity contribution < 1.29 is 9.90 Å². The average Bonchev–Trinajstić information content (AvgIpc) is 2.69. The van der Waals surface area contributed by atoms with Crippen LogP contribution in [-0.4, -0.2) is 22.6 Å². The molecule has 0 unspecified atom stereocenters. The number of rotatable bonds is 2. The highest BCUT2D eigenvalue weighted by atomic mass is 16.4. The van der Waals surface area contributed by atoms with Crippen LogP contribution in [0.5, 0.6) is 0 Å². The maximum absolute atomic E-state index is 11.2. The van der Waals surface area contributed by atoms with E-state index in [4.69, 9.17) is 5.73 Å². The van der Waals surface area contributed by atoms with Gasteiger partial charge in [0.15, 0.2) is 0 Å². The number of anilines is 2. The molecular weight excluding hydrogens is 266 g/mol. The maximum atomic E-state index is 11.2. The lowest BCUT2D eigenvalue weighted by molar-refractivity contribution is 0.0698. The standard InChI is InChI=1S/C16H17N3O2/c17-14-9-18-15(8-13(14)16(20)21)19-7-3-6-11-4-1-2-5-12(11)10-19/h1-2,4-5,8-9H,3,6-7,10,17H2,(H,20,21).